The van der Waals surface area contributed by atoms with Crippen LogP contribution in [0.2, 0.25) is 0 Å². The van der Waals surface area contributed by atoms with Crippen LogP contribution in [-0.4, -0.2) is 55.7 Å². The third-order valence-electron chi connectivity index (χ3n) is 4.49. The monoisotopic (exact) mass is 363 g/mol. The van der Waals surface area contributed by atoms with Gasteiger partial charge < -0.3 is 15.0 Å². The van der Waals surface area contributed by atoms with Crippen molar-refractivity contribution in [3.8, 4) is 0 Å². The highest BCUT2D eigenvalue weighted by atomic mass is 32.2. The Balaban J connectivity index is 2.02. The molecule has 0 amide bonds. The molecule has 0 aliphatic carbocycles. The number of unbranched alkanes of at least 4 members (excludes halogenated alkanes) is 1. The SMILES string of the molecule is CCNC(=NCCCCSC)N1CCOC(c2ccc(C)cc2C)C1. The van der Waals surface area contributed by atoms with Gasteiger partial charge in [-0.25, -0.2) is 0 Å². The van der Waals surface area contributed by atoms with E-state index in [0.717, 1.165) is 45.2 Å². The Bertz CT molecular complexity index is 562. The van der Waals surface area contributed by atoms with Gasteiger partial charge >= 0.3 is 0 Å². The summed E-state index contributed by atoms with van der Waals surface area (Å²) in [6.45, 7) is 10.7. The number of benzene rings is 1. The van der Waals surface area contributed by atoms with E-state index in [1.54, 1.807) is 0 Å². The molecule has 1 heterocycles. The summed E-state index contributed by atoms with van der Waals surface area (Å²) in [5.74, 6) is 2.25. The molecule has 4 nitrogen and oxygen atoms in total. The summed E-state index contributed by atoms with van der Waals surface area (Å²) >= 11 is 1.91. The maximum absolute atomic E-state index is 6.07. The van der Waals surface area contributed by atoms with Gasteiger partial charge in [0.1, 0.15) is 6.10 Å². The maximum Gasteiger partial charge on any atom is 0.194 e. The average molecular weight is 364 g/mol. The molecule has 1 N–H and O–H groups in total. The van der Waals surface area contributed by atoms with Crippen molar-refractivity contribution in [3.63, 3.8) is 0 Å². The molecule has 1 atom stereocenters. The second-order valence-electron chi connectivity index (χ2n) is 6.60. The minimum Gasteiger partial charge on any atom is -0.370 e. The standard InChI is InChI=1S/C20H33N3OS/c1-5-21-20(22-10-6-7-13-25-4)23-11-12-24-19(15-23)18-9-8-16(2)14-17(18)3/h8-9,14,19H,5-7,10-13,15H2,1-4H3,(H,21,22). The summed E-state index contributed by atoms with van der Waals surface area (Å²) in [5.41, 5.74) is 3.91. The van der Waals surface area contributed by atoms with Crippen LogP contribution >= 0.6 is 11.8 Å². The van der Waals surface area contributed by atoms with Crippen molar-refractivity contribution in [1.82, 2.24) is 10.2 Å². The molecule has 0 bridgehead atoms. The topological polar surface area (TPSA) is 36.9 Å². The first kappa shape index (κ1) is 20.1. The van der Waals surface area contributed by atoms with Gasteiger partial charge in [0, 0.05) is 19.6 Å². The van der Waals surface area contributed by atoms with Gasteiger partial charge in [0.05, 0.1) is 13.2 Å². The summed E-state index contributed by atoms with van der Waals surface area (Å²) in [7, 11) is 0. The Hall–Kier alpha value is -1.20. The number of hydrogen-bond acceptors (Lipinski definition) is 3. The average Bonchev–Trinajstić information content (AvgIpc) is 2.61. The summed E-state index contributed by atoms with van der Waals surface area (Å²) in [5, 5.41) is 3.45. The van der Waals surface area contributed by atoms with E-state index in [9.17, 15) is 0 Å². The number of ether oxygens (including phenoxy) is 1. The number of rotatable bonds is 7. The lowest BCUT2D eigenvalue weighted by atomic mass is 10.00. The molecule has 1 aromatic carbocycles. The molecule has 0 radical (unpaired) electrons. The highest BCUT2D eigenvalue weighted by Gasteiger charge is 2.25. The van der Waals surface area contributed by atoms with Crippen molar-refractivity contribution in [2.45, 2.75) is 39.7 Å². The van der Waals surface area contributed by atoms with Crippen LogP contribution in [0.1, 0.15) is 42.6 Å². The van der Waals surface area contributed by atoms with Gasteiger partial charge in [-0.2, -0.15) is 11.8 Å². The van der Waals surface area contributed by atoms with Crippen molar-refractivity contribution in [2.24, 2.45) is 4.99 Å². The lowest BCUT2D eigenvalue weighted by molar-refractivity contribution is -0.00833. The van der Waals surface area contributed by atoms with Gasteiger partial charge in [-0.1, -0.05) is 23.8 Å². The number of aliphatic imine (C=N–C) groups is 1. The zero-order valence-corrected chi connectivity index (χ0v) is 17.0. The number of guanidine groups is 1. The van der Waals surface area contributed by atoms with E-state index in [-0.39, 0.29) is 6.10 Å². The van der Waals surface area contributed by atoms with Gasteiger partial charge in [0.2, 0.25) is 0 Å². The number of nitrogens with zero attached hydrogens (tertiary/aromatic N) is 2. The Kier molecular flexibility index (Phi) is 8.62. The van der Waals surface area contributed by atoms with E-state index in [2.05, 4.69) is 55.4 Å². The molecular formula is C20H33N3OS. The molecule has 1 aliphatic heterocycles. The molecule has 140 valence electrons. The molecule has 1 aromatic rings. The second kappa shape index (κ2) is 10.7. The molecule has 0 spiro atoms. The van der Waals surface area contributed by atoms with E-state index < -0.39 is 0 Å². The third-order valence-corrected chi connectivity index (χ3v) is 5.19. The van der Waals surface area contributed by atoms with Crippen LogP contribution in [0.15, 0.2) is 23.2 Å². The highest BCUT2D eigenvalue weighted by Crippen LogP contribution is 2.25. The molecule has 5 heteroatoms. The molecule has 0 aromatic heterocycles. The fraction of sp³-hybridized carbons (Fsp3) is 0.650. The number of aryl methyl sites for hydroxylation is 2. The van der Waals surface area contributed by atoms with Gasteiger partial charge in [-0.15, -0.1) is 0 Å². The van der Waals surface area contributed by atoms with Crippen molar-refractivity contribution in [3.05, 3.63) is 34.9 Å². The zero-order chi connectivity index (χ0) is 18.1. The third kappa shape index (κ3) is 6.23. The normalized spacial score (nSPS) is 18.5. The van der Waals surface area contributed by atoms with E-state index in [0.29, 0.717) is 0 Å². The van der Waals surface area contributed by atoms with E-state index in [4.69, 9.17) is 9.73 Å². The molecule has 1 fully saturated rings. The van der Waals surface area contributed by atoms with Gasteiger partial charge in [0.15, 0.2) is 5.96 Å². The smallest absolute Gasteiger partial charge is 0.194 e. The molecule has 2 rings (SSSR count). The lowest BCUT2D eigenvalue weighted by Crippen LogP contribution is -2.48. The van der Waals surface area contributed by atoms with Crippen molar-refractivity contribution in [2.75, 3.05) is 44.8 Å². The summed E-state index contributed by atoms with van der Waals surface area (Å²) in [6, 6.07) is 6.63. The van der Waals surface area contributed by atoms with E-state index in [1.807, 2.05) is 11.8 Å². The highest BCUT2D eigenvalue weighted by molar-refractivity contribution is 7.98. The number of morpholine rings is 1. The second-order valence-corrected chi connectivity index (χ2v) is 7.59. The van der Waals surface area contributed by atoms with Gasteiger partial charge in [-0.3, -0.25) is 4.99 Å². The largest absolute Gasteiger partial charge is 0.370 e. The fourth-order valence-corrected chi connectivity index (χ4v) is 3.68. The van der Waals surface area contributed by atoms with Crippen LogP contribution in [-0.2, 0) is 4.74 Å². The number of nitrogens with one attached hydrogen (secondary N) is 1. The molecular weight excluding hydrogens is 330 g/mol. The van der Waals surface area contributed by atoms with Crippen LogP contribution in [0.4, 0.5) is 0 Å². The van der Waals surface area contributed by atoms with Gasteiger partial charge in [-0.05, 0) is 56.7 Å². The molecule has 0 saturated carbocycles. The first-order valence-electron chi connectivity index (χ1n) is 9.36. The lowest BCUT2D eigenvalue weighted by Gasteiger charge is -2.36. The quantitative estimate of drug-likeness (QED) is 0.454. The van der Waals surface area contributed by atoms with Crippen molar-refractivity contribution < 1.29 is 4.74 Å². The molecule has 1 aliphatic rings. The fourth-order valence-electron chi connectivity index (χ4n) is 3.19. The minimum atomic E-state index is 0.120. The number of hydrogen-bond donors (Lipinski definition) is 1. The first-order valence-corrected chi connectivity index (χ1v) is 10.8. The van der Waals surface area contributed by atoms with E-state index in [1.165, 1.54) is 28.9 Å². The van der Waals surface area contributed by atoms with Crippen LogP contribution in [0.5, 0.6) is 0 Å². The summed E-state index contributed by atoms with van der Waals surface area (Å²) in [4.78, 5) is 7.19. The van der Waals surface area contributed by atoms with Gasteiger partial charge in [0.25, 0.3) is 0 Å². The van der Waals surface area contributed by atoms with Crippen LogP contribution in [0.3, 0.4) is 0 Å². The predicted molar refractivity (Wildman–Crippen MR) is 110 cm³/mol. The Morgan fingerprint density at radius 3 is 2.92 bits per heavy atom. The van der Waals surface area contributed by atoms with Crippen molar-refractivity contribution >= 4 is 17.7 Å². The predicted octanol–water partition coefficient (Wildman–Crippen LogP) is 3.79. The van der Waals surface area contributed by atoms with E-state index >= 15 is 0 Å². The maximum atomic E-state index is 6.07. The number of thioether (sulfide) groups is 1. The Morgan fingerprint density at radius 2 is 2.20 bits per heavy atom. The summed E-state index contributed by atoms with van der Waals surface area (Å²) < 4.78 is 6.07. The first-order chi connectivity index (χ1) is 12.2. The molecule has 1 saturated heterocycles. The van der Waals surface area contributed by atoms with Crippen LogP contribution in [0, 0.1) is 13.8 Å². The summed E-state index contributed by atoms with van der Waals surface area (Å²) in [6.07, 6.45) is 4.67. The van der Waals surface area contributed by atoms with Crippen molar-refractivity contribution in [1.29, 1.82) is 0 Å². The van der Waals surface area contributed by atoms with Crippen LogP contribution in [0.25, 0.3) is 0 Å². The Morgan fingerprint density at radius 1 is 1.36 bits per heavy atom. The zero-order valence-electron chi connectivity index (χ0n) is 16.2. The Labute approximate surface area is 157 Å². The minimum absolute atomic E-state index is 0.120. The molecule has 1 unspecified atom stereocenters. The molecule has 25 heavy (non-hydrogen) atoms. The van der Waals surface area contributed by atoms with Crippen LogP contribution < -0.4 is 5.32 Å².